The van der Waals surface area contributed by atoms with Gasteiger partial charge < -0.3 is 9.32 Å². The highest BCUT2D eigenvalue weighted by atomic mass is 16.3. The molecule has 0 amide bonds. The molecule has 2 aliphatic rings. The average molecular weight is 652 g/mol. The van der Waals surface area contributed by atoms with Gasteiger partial charge >= 0.3 is 0 Å². The molecule has 10 rings (SSSR count). The summed E-state index contributed by atoms with van der Waals surface area (Å²) in [6.45, 7) is 4.00. The van der Waals surface area contributed by atoms with Crippen LogP contribution in [0, 0.1) is 0 Å². The predicted octanol–water partition coefficient (Wildman–Crippen LogP) is 11.0. The van der Waals surface area contributed by atoms with E-state index in [2.05, 4.69) is 175 Å². The first-order valence-corrected chi connectivity index (χ1v) is 17.5. The largest absolute Gasteiger partial charge is 0.456 e. The molecule has 0 N–H and O–H groups in total. The standard InChI is InChI=1S/C49H33NO/c1-2-15-47-42(41-23-9-13-27-48(41)51-47)32-50(35-19-14-18-34(30-35)33-16-4-3-5-17-33)36-28-29-40-39-22-8-12-26-45(39)49(46(40)31-36)43-24-10-6-20-37(43)38-21-7-11-25-44(38)49/h2-32H,1H2/b42-32-,47-15+. The van der Waals surface area contributed by atoms with E-state index in [1.54, 1.807) is 6.08 Å². The van der Waals surface area contributed by atoms with Crippen molar-refractivity contribution in [3.63, 3.8) is 0 Å². The number of anilines is 2. The van der Waals surface area contributed by atoms with Gasteiger partial charge in [-0.15, -0.1) is 0 Å². The summed E-state index contributed by atoms with van der Waals surface area (Å²) in [5.74, 6) is 0. The normalized spacial score (nSPS) is 14.0. The van der Waals surface area contributed by atoms with E-state index < -0.39 is 5.41 Å². The molecule has 8 aromatic rings. The lowest BCUT2D eigenvalue weighted by Crippen LogP contribution is -2.27. The monoisotopic (exact) mass is 651 g/mol. The smallest absolute Gasteiger partial charge is 0.136 e. The van der Waals surface area contributed by atoms with Gasteiger partial charge in [0.25, 0.3) is 0 Å². The highest BCUT2D eigenvalue weighted by molar-refractivity contribution is 5.96. The molecular weight excluding hydrogens is 619 g/mol. The van der Waals surface area contributed by atoms with E-state index >= 15 is 0 Å². The Morgan fingerprint density at radius 2 is 1.06 bits per heavy atom. The third kappa shape index (κ3) is 4.30. The maximum atomic E-state index is 6.39. The minimum Gasteiger partial charge on any atom is -0.456 e. The maximum absolute atomic E-state index is 6.39. The molecule has 0 saturated carbocycles. The summed E-state index contributed by atoms with van der Waals surface area (Å²) in [6, 6.07) is 61.6. The second-order valence-corrected chi connectivity index (χ2v) is 13.3. The molecule has 0 radical (unpaired) electrons. The summed E-state index contributed by atoms with van der Waals surface area (Å²) in [5, 5.41) is 2.06. The summed E-state index contributed by atoms with van der Waals surface area (Å²) in [4.78, 5) is 2.33. The van der Waals surface area contributed by atoms with Crippen molar-refractivity contribution in [2.75, 3.05) is 4.90 Å². The van der Waals surface area contributed by atoms with Crippen LogP contribution in [-0.2, 0) is 5.41 Å². The Morgan fingerprint density at radius 3 is 1.75 bits per heavy atom. The number of fused-ring (bicyclic) bond motifs is 11. The molecular formula is C49H33NO. The molecule has 0 aliphatic heterocycles. The molecule has 1 spiro atoms. The zero-order chi connectivity index (χ0) is 33.9. The molecule has 7 aromatic carbocycles. The molecule has 0 bridgehead atoms. The minimum absolute atomic E-state index is 0.434. The second-order valence-electron chi connectivity index (χ2n) is 13.3. The van der Waals surface area contributed by atoms with Crippen LogP contribution < -0.4 is 15.5 Å². The van der Waals surface area contributed by atoms with Gasteiger partial charge in [0.05, 0.1) is 5.41 Å². The van der Waals surface area contributed by atoms with Crippen LogP contribution in [0.5, 0.6) is 0 Å². The van der Waals surface area contributed by atoms with E-state index in [1.165, 1.54) is 50.1 Å². The predicted molar refractivity (Wildman–Crippen MR) is 211 cm³/mol. The number of nitrogens with zero attached hydrogens (tertiary/aromatic N) is 1. The van der Waals surface area contributed by atoms with Gasteiger partial charge in [-0.25, -0.2) is 0 Å². The lowest BCUT2D eigenvalue weighted by molar-refractivity contribution is 0.575. The van der Waals surface area contributed by atoms with Gasteiger partial charge in [-0.1, -0.05) is 152 Å². The zero-order valence-electron chi connectivity index (χ0n) is 28.0. The summed E-state index contributed by atoms with van der Waals surface area (Å²) in [7, 11) is 0. The summed E-state index contributed by atoms with van der Waals surface area (Å²) >= 11 is 0. The first-order chi connectivity index (χ1) is 25.3. The fourth-order valence-corrected chi connectivity index (χ4v) is 8.57. The molecule has 2 nitrogen and oxygen atoms in total. The van der Waals surface area contributed by atoms with Gasteiger partial charge in [0.15, 0.2) is 0 Å². The van der Waals surface area contributed by atoms with E-state index in [4.69, 9.17) is 4.42 Å². The van der Waals surface area contributed by atoms with Crippen LogP contribution in [0.25, 0.3) is 56.6 Å². The highest BCUT2D eigenvalue weighted by Crippen LogP contribution is 2.63. The molecule has 1 heterocycles. The lowest BCUT2D eigenvalue weighted by Gasteiger charge is -2.31. The Labute approximate surface area is 297 Å². The molecule has 2 heteroatoms. The Balaban J connectivity index is 1.28. The van der Waals surface area contributed by atoms with Crippen molar-refractivity contribution in [1.29, 1.82) is 0 Å². The summed E-state index contributed by atoms with van der Waals surface area (Å²) < 4.78 is 6.39. The van der Waals surface area contributed by atoms with Crippen molar-refractivity contribution in [3.8, 4) is 33.4 Å². The van der Waals surface area contributed by atoms with Crippen molar-refractivity contribution in [2.24, 2.45) is 0 Å². The Bertz CT molecular complexity index is 2720. The van der Waals surface area contributed by atoms with Crippen LogP contribution >= 0.6 is 0 Å². The lowest BCUT2D eigenvalue weighted by atomic mass is 9.70. The average Bonchev–Trinajstić information content (AvgIpc) is 3.81. The minimum atomic E-state index is -0.434. The first kappa shape index (κ1) is 29.3. The van der Waals surface area contributed by atoms with Crippen LogP contribution in [0.15, 0.2) is 187 Å². The number of rotatable bonds is 5. The molecule has 240 valence electrons. The Kier molecular flexibility index (Phi) is 6.59. The van der Waals surface area contributed by atoms with Crippen molar-refractivity contribution >= 4 is 34.6 Å². The fraction of sp³-hybridized carbons (Fsp3) is 0.0204. The number of para-hydroxylation sites is 1. The summed E-state index contributed by atoms with van der Waals surface area (Å²) in [5.41, 5.74) is 16.1. The molecule has 0 unspecified atom stereocenters. The van der Waals surface area contributed by atoms with Gasteiger partial charge in [0, 0.05) is 28.2 Å². The third-order valence-corrected chi connectivity index (χ3v) is 10.7. The van der Waals surface area contributed by atoms with Crippen LogP contribution in [-0.4, -0.2) is 0 Å². The number of furan rings is 1. The summed E-state index contributed by atoms with van der Waals surface area (Å²) in [6.07, 6.45) is 5.98. The number of hydrogen-bond donors (Lipinski definition) is 0. The van der Waals surface area contributed by atoms with Crippen LogP contribution in [0.3, 0.4) is 0 Å². The van der Waals surface area contributed by atoms with E-state index in [9.17, 15) is 0 Å². The SMILES string of the molecule is C=C/C=c1/oc2ccccc2/c1=C/N(c1cccc(-c2ccccc2)c1)c1ccc2c(c1)C1(c3ccccc3-c3ccccc31)c1ccccc1-2. The van der Waals surface area contributed by atoms with E-state index in [0.29, 0.717) is 0 Å². The maximum Gasteiger partial charge on any atom is 0.136 e. The molecule has 0 fully saturated rings. The van der Waals surface area contributed by atoms with E-state index in [0.717, 1.165) is 38.5 Å². The first-order valence-electron chi connectivity index (χ1n) is 17.5. The van der Waals surface area contributed by atoms with Gasteiger partial charge in [-0.3, -0.25) is 0 Å². The zero-order valence-corrected chi connectivity index (χ0v) is 28.0. The number of hydrogen-bond acceptors (Lipinski definition) is 2. The van der Waals surface area contributed by atoms with Crippen molar-refractivity contribution in [1.82, 2.24) is 0 Å². The Morgan fingerprint density at radius 1 is 0.490 bits per heavy atom. The van der Waals surface area contributed by atoms with Crippen molar-refractivity contribution in [3.05, 3.63) is 215 Å². The van der Waals surface area contributed by atoms with E-state index in [-0.39, 0.29) is 0 Å². The second kappa shape index (κ2) is 11.5. The third-order valence-electron chi connectivity index (χ3n) is 10.7. The molecule has 51 heavy (non-hydrogen) atoms. The number of allylic oxidation sites excluding steroid dienone is 1. The quantitative estimate of drug-likeness (QED) is 0.184. The van der Waals surface area contributed by atoms with Crippen LogP contribution in [0.1, 0.15) is 22.3 Å². The van der Waals surface area contributed by atoms with Crippen molar-refractivity contribution in [2.45, 2.75) is 5.41 Å². The Hall–Kier alpha value is -6.64. The van der Waals surface area contributed by atoms with Crippen molar-refractivity contribution < 1.29 is 4.42 Å². The van der Waals surface area contributed by atoms with Gasteiger partial charge in [0.2, 0.25) is 0 Å². The molecule has 0 atom stereocenters. The van der Waals surface area contributed by atoms with Gasteiger partial charge in [-0.2, -0.15) is 0 Å². The van der Waals surface area contributed by atoms with Gasteiger partial charge in [-0.05, 0) is 92.0 Å². The van der Waals surface area contributed by atoms with Crippen LogP contribution in [0.4, 0.5) is 11.4 Å². The fourth-order valence-electron chi connectivity index (χ4n) is 8.57. The number of benzene rings is 7. The van der Waals surface area contributed by atoms with E-state index in [1.807, 2.05) is 18.2 Å². The molecule has 0 saturated heterocycles. The molecule has 1 aromatic heterocycles. The topological polar surface area (TPSA) is 16.4 Å². The highest BCUT2D eigenvalue weighted by Gasteiger charge is 2.51. The van der Waals surface area contributed by atoms with Crippen LogP contribution in [0.2, 0.25) is 0 Å². The molecule has 2 aliphatic carbocycles. The van der Waals surface area contributed by atoms with Gasteiger partial charge in [0.1, 0.15) is 11.0 Å².